The molecule has 23 heavy (non-hydrogen) atoms. The molecule has 2 aromatic carbocycles. The largest absolute Gasteiger partial charge is 0.493 e. The van der Waals surface area contributed by atoms with Gasteiger partial charge in [-0.05, 0) is 47.9 Å². The summed E-state index contributed by atoms with van der Waals surface area (Å²) in [5.41, 5.74) is 2.58. The molecule has 0 atom stereocenters. The number of ether oxygens (including phenoxy) is 2. The summed E-state index contributed by atoms with van der Waals surface area (Å²) in [6.07, 6.45) is 0.143. The van der Waals surface area contributed by atoms with Crippen molar-refractivity contribution in [3.8, 4) is 11.5 Å². The number of nitrogens with one attached hydrogen (secondary N) is 1. The third-order valence-electron chi connectivity index (χ3n) is 3.57. The maximum atomic E-state index is 13.1. The van der Waals surface area contributed by atoms with Gasteiger partial charge < -0.3 is 14.8 Å². The van der Waals surface area contributed by atoms with Crippen LogP contribution in [0.15, 0.2) is 36.4 Å². The molecule has 0 saturated carbocycles. The predicted molar refractivity (Wildman–Crippen MR) is 86.2 cm³/mol. The molecule has 0 radical (unpaired) electrons. The van der Waals surface area contributed by atoms with Gasteiger partial charge in [-0.15, -0.1) is 0 Å². The van der Waals surface area contributed by atoms with Crippen LogP contribution in [0.1, 0.15) is 16.7 Å². The fourth-order valence-corrected chi connectivity index (χ4v) is 2.30. The van der Waals surface area contributed by atoms with Crippen molar-refractivity contribution in [2.45, 2.75) is 19.9 Å². The minimum Gasteiger partial charge on any atom is -0.493 e. The van der Waals surface area contributed by atoms with E-state index in [4.69, 9.17) is 9.47 Å². The summed E-state index contributed by atoms with van der Waals surface area (Å²) in [6, 6.07) is 9.75. The lowest BCUT2D eigenvalue weighted by Gasteiger charge is -2.13. The second-order valence-corrected chi connectivity index (χ2v) is 5.22. The Kier molecular flexibility index (Phi) is 5.57. The summed E-state index contributed by atoms with van der Waals surface area (Å²) >= 11 is 0. The van der Waals surface area contributed by atoms with Crippen LogP contribution in [-0.4, -0.2) is 20.1 Å². The second-order valence-electron chi connectivity index (χ2n) is 5.22. The van der Waals surface area contributed by atoms with Crippen molar-refractivity contribution in [2.75, 3.05) is 14.2 Å². The van der Waals surface area contributed by atoms with Gasteiger partial charge in [0.25, 0.3) is 0 Å². The molecule has 2 aromatic rings. The number of carbonyl (C=O) groups excluding carboxylic acids is 1. The lowest BCUT2D eigenvalue weighted by Crippen LogP contribution is -2.25. The van der Waals surface area contributed by atoms with Crippen LogP contribution in [0.2, 0.25) is 0 Å². The molecule has 0 heterocycles. The SMILES string of the molecule is COc1cc(C)c(CNC(=O)Cc2cccc(F)c2)cc1OC. The Morgan fingerprint density at radius 1 is 1.13 bits per heavy atom. The molecule has 0 aliphatic carbocycles. The molecule has 0 saturated heterocycles. The van der Waals surface area contributed by atoms with E-state index in [0.29, 0.717) is 23.6 Å². The van der Waals surface area contributed by atoms with E-state index < -0.39 is 0 Å². The molecular weight excluding hydrogens is 297 g/mol. The van der Waals surface area contributed by atoms with Crippen LogP contribution in [0.4, 0.5) is 4.39 Å². The number of carbonyl (C=O) groups is 1. The molecule has 2 rings (SSSR count). The first-order valence-corrected chi connectivity index (χ1v) is 7.26. The standard InChI is InChI=1S/C18H20FNO3/c1-12-7-16(22-2)17(23-3)10-14(12)11-20-18(21)9-13-5-4-6-15(19)8-13/h4-8,10H,9,11H2,1-3H3,(H,20,21). The molecule has 0 unspecified atom stereocenters. The Balaban J connectivity index is 2.01. The number of methoxy groups -OCH3 is 2. The molecule has 1 amide bonds. The zero-order valence-corrected chi connectivity index (χ0v) is 13.5. The van der Waals surface area contributed by atoms with E-state index >= 15 is 0 Å². The number of amides is 1. The summed E-state index contributed by atoms with van der Waals surface area (Å²) in [5.74, 6) is 0.767. The van der Waals surface area contributed by atoms with Gasteiger partial charge in [0.2, 0.25) is 5.91 Å². The molecule has 4 nitrogen and oxygen atoms in total. The Morgan fingerprint density at radius 3 is 2.48 bits per heavy atom. The highest BCUT2D eigenvalue weighted by molar-refractivity contribution is 5.78. The minimum absolute atomic E-state index is 0.143. The predicted octanol–water partition coefficient (Wildman–Crippen LogP) is 3.01. The van der Waals surface area contributed by atoms with E-state index in [1.807, 2.05) is 19.1 Å². The first-order valence-electron chi connectivity index (χ1n) is 7.26. The average Bonchev–Trinajstić information content (AvgIpc) is 2.53. The highest BCUT2D eigenvalue weighted by atomic mass is 19.1. The minimum atomic E-state index is -0.342. The van der Waals surface area contributed by atoms with Crippen molar-refractivity contribution in [3.05, 3.63) is 58.9 Å². The molecule has 0 bridgehead atoms. The molecule has 0 aliphatic rings. The second kappa shape index (κ2) is 7.63. The fourth-order valence-electron chi connectivity index (χ4n) is 2.30. The van der Waals surface area contributed by atoms with Crippen molar-refractivity contribution < 1.29 is 18.7 Å². The number of rotatable bonds is 6. The highest BCUT2D eigenvalue weighted by Gasteiger charge is 2.10. The number of benzene rings is 2. The quantitative estimate of drug-likeness (QED) is 0.891. The van der Waals surface area contributed by atoms with Crippen LogP contribution in [0.25, 0.3) is 0 Å². The van der Waals surface area contributed by atoms with Gasteiger partial charge in [-0.2, -0.15) is 0 Å². The zero-order chi connectivity index (χ0) is 16.8. The first-order chi connectivity index (χ1) is 11.0. The summed E-state index contributed by atoms with van der Waals surface area (Å²) < 4.78 is 23.6. The number of hydrogen-bond acceptors (Lipinski definition) is 3. The van der Waals surface area contributed by atoms with Gasteiger partial charge in [0, 0.05) is 6.54 Å². The monoisotopic (exact) mass is 317 g/mol. The van der Waals surface area contributed by atoms with E-state index in [1.165, 1.54) is 12.1 Å². The van der Waals surface area contributed by atoms with E-state index in [2.05, 4.69) is 5.32 Å². The highest BCUT2D eigenvalue weighted by Crippen LogP contribution is 2.30. The maximum absolute atomic E-state index is 13.1. The van der Waals surface area contributed by atoms with Gasteiger partial charge in [0.15, 0.2) is 11.5 Å². The van der Waals surface area contributed by atoms with Crippen molar-refractivity contribution in [1.82, 2.24) is 5.32 Å². The van der Waals surface area contributed by atoms with Crippen LogP contribution >= 0.6 is 0 Å². The lowest BCUT2D eigenvalue weighted by atomic mass is 10.1. The topological polar surface area (TPSA) is 47.6 Å². The van der Waals surface area contributed by atoms with E-state index in [1.54, 1.807) is 26.4 Å². The number of halogens is 1. The van der Waals surface area contributed by atoms with Gasteiger partial charge in [-0.25, -0.2) is 4.39 Å². The summed E-state index contributed by atoms with van der Waals surface area (Å²) in [7, 11) is 3.15. The third-order valence-corrected chi connectivity index (χ3v) is 3.57. The first kappa shape index (κ1) is 16.8. The molecular formula is C18H20FNO3. The van der Waals surface area contributed by atoms with Gasteiger partial charge in [0.05, 0.1) is 20.6 Å². The molecule has 0 aromatic heterocycles. The third kappa shape index (κ3) is 4.45. The van der Waals surface area contributed by atoms with Crippen molar-refractivity contribution in [1.29, 1.82) is 0 Å². The van der Waals surface area contributed by atoms with Crippen LogP contribution < -0.4 is 14.8 Å². The number of aryl methyl sites for hydroxylation is 1. The normalized spacial score (nSPS) is 10.3. The average molecular weight is 317 g/mol. The fraction of sp³-hybridized carbons (Fsp3) is 0.278. The van der Waals surface area contributed by atoms with Gasteiger partial charge >= 0.3 is 0 Å². The molecule has 122 valence electrons. The smallest absolute Gasteiger partial charge is 0.224 e. The molecule has 5 heteroatoms. The van der Waals surface area contributed by atoms with Crippen molar-refractivity contribution in [3.63, 3.8) is 0 Å². The Bertz CT molecular complexity index is 701. The summed E-state index contributed by atoms with van der Waals surface area (Å²) in [4.78, 5) is 12.0. The maximum Gasteiger partial charge on any atom is 0.224 e. The number of hydrogen-bond donors (Lipinski definition) is 1. The van der Waals surface area contributed by atoms with Gasteiger partial charge in [-0.1, -0.05) is 12.1 Å². The van der Waals surface area contributed by atoms with Gasteiger partial charge in [-0.3, -0.25) is 4.79 Å². The summed E-state index contributed by atoms with van der Waals surface area (Å²) in [6.45, 7) is 2.32. The molecule has 0 fully saturated rings. The van der Waals surface area contributed by atoms with E-state index in [9.17, 15) is 9.18 Å². The van der Waals surface area contributed by atoms with E-state index in [-0.39, 0.29) is 18.1 Å². The molecule has 0 aliphatic heterocycles. The van der Waals surface area contributed by atoms with Crippen LogP contribution in [0.3, 0.4) is 0 Å². The lowest BCUT2D eigenvalue weighted by molar-refractivity contribution is -0.120. The molecule has 1 N–H and O–H groups in total. The van der Waals surface area contributed by atoms with Crippen molar-refractivity contribution in [2.24, 2.45) is 0 Å². The van der Waals surface area contributed by atoms with Gasteiger partial charge in [0.1, 0.15) is 5.82 Å². The Labute approximate surface area is 135 Å². The van der Waals surface area contributed by atoms with Crippen LogP contribution in [0, 0.1) is 12.7 Å². The van der Waals surface area contributed by atoms with E-state index in [0.717, 1.165) is 11.1 Å². The zero-order valence-electron chi connectivity index (χ0n) is 13.5. The van der Waals surface area contributed by atoms with Crippen LogP contribution in [-0.2, 0) is 17.8 Å². The summed E-state index contributed by atoms with van der Waals surface area (Å²) in [5, 5.41) is 2.84. The molecule has 0 spiro atoms. The Hall–Kier alpha value is -2.56. The van der Waals surface area contributed by atoms with Crippen LogP contribution in [0.5, 0.6) is 11.5 Å². The Morgan fingerprint density at radius 2 is 1.83 bits per heavy atom. The van der Waals surface area contributed by atoms with Crippen molar-refractivity contribution >= 4 is 5.91 Å².